The number of benzene rings is 1. The van der Waals surface area contributed by atoms with E-state index in [-0.39, 0.29) is 22.7 Å². The molecule has 0 aliphatic rings. The lowest BCUT2D eigenvalue weighted by atomic mass is 9.81. The number of carbonyl (C=O) groups is 1. The molecule has 0 aromatic heterocycles. The van der Waals surface area contributed by atoms with Crippen LogP contribution in [0.5, 0.6) is 0 Å². The van der Waals surface area contributed by atoms with Gasteiger partial charge in [0, 0.05) is 10.8 Å². The molecule has 0 atom stereocenters. The van der Waals surface area contributed by atoms with E-state index in [2.05, 4.69) is 71.0 Å². The van der Waals surface area contributed by atoms with Crippen LogP contribution in [0.4, 0.5) is 0 Å². The number of ether oxygens (including phenoxy) is 1. The van der Waals surface area contributed by atoms with Crippen LogP contribution in [0.2, 0.25) is 0 Å². The molecule has 0 aliphatic carbocycles. The third-order valence-electron chi connectivity index (χ3n) is 3.80. The van der Waals surface area contributed by atoms with Crippen molar-refractivity contribution < 1.29 is 9.53 Å². The second-order valence-electron chi connectivity index (χ2n) is 7.67. The number of rotatable bonds is 6. The Balaban J connectivity index is 2.75. The minimum absolute atomic E-state index is 0.0486. The van der Waals surface area contributed by atoms with Crippen LogP contribution in [0.3, 0.4) is 0 Å². The van der Waals surface area contributed by atoms with Crippen LogP contribution in [0.15, 0.2) is 36.4 Å². The first-order valence-electron chi connectivity index (χ1n) is 7.98. The normalized spacial score (nSPS) is 12.9. The second kappa shape index (κ2) is 7.13. The van der Waals surface area contributed by atoms with Gasteiger partial charge in [0.15, 0.2) is 0 Å². The molecule has 0 bridgehead atoms. The lowest BCUT2D eigenvalue weighted by Crippen LogP contribution is -2.23. The zero-order chi connectivity index (χ0) is 17.0. The van der Waals surface area contributed by atoms with Gasteiger partial charge in [0.05, 0.1) is 12.5 Å². The summed E-state index contributed by atoms with van der Waals surface area (Å²) >= 11 is 0. The third-order valence-corrected chi connectivity index (χ3v) is 3.80. The predicted octanol–water partition coefficient (Wildman–Crippen LogP) is 5.05. The summed E-state index contributed by atoms with van der Waals surface area (Å²) in [5.74, 6) is -0.219. The summed E-state index contributed by atoms with van der Waals surface area (Å²) in [6.07, 6.45) is 4.36. The first kappa shape index (κ1) is 18.5. The molecule has 0 unspecified atom stereocenters. The van der Waals surface area contributed by atoms with Crippen LogP contribution in [-0.4, -0.2) is 12.6 Å². The average molecular weight is 302 g/mol. The van der Waals surface area contributed by atoms with E-state index in [1.807, 2.05) is 13.8 Å². The lowest BCUT2D eigenvalue weighted by molar-refractivity contribution is -0.149. The predicted molar refractivity (Wildman–Crippen MR) is 92.9 cm³/mol. The molecule has 0 spiro atoms. The van der Waals surface area contributed by atoms with E-state index in [0.717, 1.165) is 0 Å². The fourth-order valence-corrected chi connectivity index (χ4v) is 1.99. The number of hydrogen-bond donors (Lipinski definition) is 0. The van der Waals surface area contributed by atoms with E-state index in [1.54, 1.807) is 0 Å². The minimum Gasteiger partial charge on any atom is -0.465 e. The molecule has 0 heterocycles. The maximum atomic E-state index is 11.6. The number of aryl methyl sites for hydroxylation is 1. The highest BCUT2D eigenvalue weighted by Crippen LogP contribution is 2.28. The molecular weight excluding hydrogens is 272 g/mol. The lowest BCUT2D eigenvalue weighted by Gasteiger charge is -2.25. The highest BCUT2D eigenvalue weighted by Gasteiger charge is 2.22. The molecule has 0 fully saturated rings. The Morgan fingerprint density at radius 2 is 1.64 bits per heavy atom. The summed E-state index contributed by atoms with van der Waals surface area (Å²) < 4.78 is 5.36. The van der Waals surface area contributed by atoms with Gasteiger partial charge in [-0.15, -0.1) is 0 Å². The van der Waals surface area contributed by atoms with E-state index in [0.29, 0.717) is 6.61 Å². The van der Waals surface area contributed by atoms with Crippen LogP contribution >= 0.6 is 0 Å². The number of esters is 1. The molecule has 2 heteroatoms. The summed E-state index contributed by atoms with van der Waals surface area (Å²) in [5, 5.41) is 0. The van der Waals surface area contributed by atoms with Crippen LogP contribution in [0, 0.1) is 18.3 Å². The van der Waals surface area contributed by atoms with E-state index < -0.39 is 0 Å². The molecule has 0 saturated heterocycles. The first-order valence-corrected chi connectivity index (χ1v) is 7.98. The van der Waals surface area contributed by atoms with Crippen molar-refractivity contribution in [2.45, 2.75) is 53.9 Å². The van der Waals surface area contributed by atoms with Gasteiger partial charge >= 0.3 is 5.97 Å². The zero-order valence-corrected chi connectivity index (χ0v) is 15.1. The molecule has 1 aromatic carbocycles. The Morgan fingerprint density at radius 1 is 1.09 bits per heavy atom. The maximum Gasteiger partial charge on any atom is 0.308 e. The standard InChI is InChI=1S/C20H30O2/c1-15(2)18(21)22-14-19(4,5)12-13-20(6,7)17-10-8-16(3)9-11-17/h8-13,15H,14H2,1-7H3/b13-12+. The fourth-order valence-electron chi connectivity index (χ4n) is 1.99. The number of carbonyl (C=O) groups excluding carboxylic acids is 1. The van der Waals surface area contributed by atoms with E-state index in [9.17, 15) is 4.79 Å². The molecule has 0 amide bonds. The Bertz CT molecular complexity index is 519. The van der Waals surface area contributed by atoms with Gasteiger partial charge in [-0.1, -0.05) is 83.5 Å². The van der Waals surface area contributed by atoms with Gasteiger partial charge in [-0.2, -0.15) is 0 Å². The summed E-state index contributed by atoms with van der Waals surface area (Å²) in [6.45, 7) is 14.8. The van der Waals surface area contributed by atoms with Gasteiger partial charge in [-0.3, -0.25) is 4.79 Å². The van der Waals surface area contributed by atoms with Crippen LogP contribution < -0.4 is 0 Å². The highest BCUT2D eigenvalue weighted by molar-refractivity contribution is 5.71. The molecule has 0 N–H and O–H groups in total. The van der Waals surface area contributed by atoms with Crippen molar-refractivity contribution in [1.29, 1.82) is 0 Å². The van der Waals surface area contributed by atoms with Crippen LogP contribution in [-0.2, 0) is 14.9 Å². The van der Waals surface area contributed by atoms with Gasteiger partial charge in [0.1, 0.15) is 0 Å². The monoisotopic (exact) mass is 302 g/mol. The minimum atomic E-state index is -0.174. The number of allylic oxidation sites excluding steroid dienone is 1. The van der Waals surface area contributed by atoms with E-state index in [1.165, 1.54) is 11.1 Å². The van der Waals surface area contributed by atoms with Crippen molar-refractivity contribution in [3.8, 4) is 0 Å². The summed E-state index contributed by atoms with van der Waals surface area (Å²) in [7, 11) is 0. The van der Waals surface area contributed by atoms with Crippen molar-refractivity contribution in [3.63, 3.8) is 0 Å². The van der Waals surface area contributed by atoms with Gasteiger partial charge in [0.25, 0.3) is 0 Å². The van der Waals surface area contributed by atoms with Crippen molar-refractivity contribution >= 4 is 5.97 Å². The molecule has 2 nitrogen and oxygen atoms in total. The number of hydrogen-bond acceptors (Lipinski definition) is 2. The van der Waals surface area contributed by atoms with Gasteiger partial charge in [0.2, 0.25) is 0 Å². The smallest absolute Gasteiger partial charge is 0.308 e. The maximum absolute atomic E-state index is 11.6. The zero-order valence-electron chi connectivity index (χ0n) is 15.1. The van der Waals surface area contributed by atoms with Crippen LogP contribution in [0.25, 0.3) is 0 Å². The summed E-state index contributed by atoms with van der Waals surface area (Å²) in [4.78, 5) is 11.6. The quantitative estimate of drug-likeness (QED) is 0.542. The molecule has 0 aliphatic heterocycles. The SMILES string of the molecule is Cc1ccc(C(C)(C)/C=C/C(C)(C)COC(=O)C(C)C)cc1. The van der Waals surface area contributed by atoms with E-state index in [4.69, 9.17) is 4.74 Å². The van der Waals surface area contributed by atoms with Gasteiger partial charge in [-0.25, -0.2) is 0 Å². The fraction of sp³-hybridized carbons (Fsp3) is 0.550. The Labute approximate surface area is 135 Å². The summed E-state index contributed by atoms with van der Waals surface area (Å²) in [6, 6.07) is 8.62. The molecule has 1 rings (SSSR count). The molecule has 122 valence electrons. The Kier molecular flexibility index (Phi) is 5.99. The topological polar surface area (TPSA) is 26.3 Å². The molecule has 1 aromatic rings. The Morgan fingerprint density at radius 3 is 2.14 bits per heavy atom. The van der Waals surface area contributed by atoms with Crippen molar-refractivity contribution in [2.24, 2.45) is 11.3 Å². The van der Waals surface area contributed by atoms with E-state index >= 15 is 0 Å². The second-order valence-corrected chi connectivity index (χ2v) is 7.67. The molecular formula is C20H30O2. The largest absolute Gasteiger partial charge is 0.465 e. The van der Waals surface area contributed by atoms with Crippen molar-refractivity contribution in [2.75, 3.05) is 6.61 Å². The molecule has 0 radical (unpaired) electrons. The third kappa shape index (κ3) is 5.67. The first-order chi connectivity index (χ1) is 10.0. The molecule has 22 heavy (non-hydrogen) atoms. The highest BCUT2D eigenvalue weighted by atomic mass is 16.5. The molecule has 0 saturated carbocycles. The summed E-state index contributed by atoms with van der Waals surface area (Å²) in [5.41, 5.74) is 2.33. The van der Waals surface area contributed by atoms with Crippen molar-refractivity contribution in [1.82, 2.24) is 0 Å². The van der Waals surface area contributed by atoms with Crippen LogP contribution in [0.1, 0.15) is 52.7 Å². The van der Waals surface area contributed by atoms with Gasteiger partial charge in [-0.05, 0) is 12.5 Å². The Hall–Kier alpha value is -1.57. The average Bonchev–Trinajstić information content (AvgIpc) is 2.43. The van der Waals surface area contributed by atoms with Crippen molar-refractivity contribution in [3.05, 3.63) is 47.5 Å². The van der Waals surface area contributed by atoms with Gasteiger partial charge < -0.3 is 4.74 Å².